The van der Waals surface area contributed by atoms with Gasteiger partial charge < -0.3 is 0 Å². The summed E-state index contributed by atoms with van der Waals surface area (Å²) >= 11 is 7.57. The van der Waals surface area contributed by atoms with E-state index >= 15 is 0 Å². The lowest BCUT2D eigenvalue weighted by molar-refractivity contribution is 1.14. The van der Waals surface area contributed by atoms with Crippen LogP contribution in [0.5, 0.6) is 0 Å². The summed E-state index contributed by atoms with van der Waals surface area (Å²) in [5.74, 6) is 0. The fourth-order valence-electron chi connectivity index (χ4n) is 1.86. The third-order valence-corrected chi connectivity index (χ3v) is 3.83. The normalized spacial score (nSPS) is 10.6. The van der Waals surface area contributed by atoms with Crippen LogP contribution in [0.25, 0.3) is 11.3 Å². The van der Waals surface area contributed by atoms with Crippen LogP contribution in [-0.2, 0) is 6.42 Å². The number of hydrogen-bond acceptors (Lipinski definition) is 3. The van der Waals surface area contributed by atoms with Gasteiger partial charge in [0.05, 0.1) is 10.7 Å². The Hall–Kier alpha value is -1.71. The van der Waals surface area contributed by atoms with E-state index in [1.807, 2.05) is 30.3 Å². The second kappa shape index (κ2) is 5.51. The van der Waals surface area contributed by atoms with Crippen LogP contribution in [0, 0.1) is 0 Å². The molecule has 1 aromatic carbocycles. The largest absolute Gasteiger partial charge is 0.245 e. The third kappa shape index (κ3) is 3.00. The minimum absolute atomic E-state index is 0.495. The monoisotopic (exact) mass is 286 g/mol. The predicted molar refractivity (Wildman–Crippen MR) is 79.6 cm³/mol. The molecule has 2 nitrogen and oxygen atoms in total. The first-order valence-electron chi connectivity index (χ1n) is 5.91. The van der Waals surface area contributed by atoms with Crippen LogP contribution in [0.1, 0.15) is 10.6 Å². The van der Waals surface area contributed by atoms with Gasteiger partial charge in [-0.1, -0.05) is 41.9 Å². The molecule has 0 atom stereocenters. The highest BCUT2D eigenvalue weighted by Crippen LogP contribution is 2.24. The molecule has 0 amide bonds. The molecule has 0 saturated heterocycles. The van der Waals surface area contributed by atoms with Gasteiger partial charge in [0.1, 0.15) is 5.15 Å². The number of pyridine rings is 1. The first-order chi connectivity index (χ1) is 9.31. The van der Waals surface area contributed by atoms with Crippen molar-refractivity contribution >= 4 is 22.9 Å². The van der Waals surface area contributed by atoms with E-state index < -0.39 is 0 Å². The first kappa shape index (κ1) is 12.3. The minimum Gasteiger partial charge on any atom is -0.245 e. The molecule has 2 heterocycles. The molecule has 0 aliphatic carbocycles. The molecule has 0 radical (unpaired) electrons. The molecule has 3 rings (SSSR count). The van der Waals surface area contributed by atoms with E-state index in [0.717, 1.165) is 22.7 Å². The van der Waals surface area contributed by atoms with E-state index in [1.54, 1.807) is 17.5 Å². The molecule has 0 unspecified atom stereocenters. The average molecular weight is 287 g/mol. The number of halogens is 1. The van der Waals surface area contributed by atoms with Gasteiger partial charge >= 0.3 is 0 Å². The molecule has 0 fully saturated rings. The number of nitrogens with zero attached hydrogens (tertiary/aromatic N) is 2. The Labute approximate surface area is 120 Å². The summed E-state index contributed by atoms with van der Waals surface area (Å²) in [7, 11) is 0. The van der Waals surface area contributed by atoms with Gasteiger partial charge in [-0.25, -0.2) is 9.97 Å². The summed E-state index contributed by atoms with van der Waals surface area (Å²) in [6, 6.07) is 14.1. The highest BCUT2D eigenvalue weighted by atomic mass is 35.5. The maximum absolute atomic E-state index is 5.90. The van der Waals surface area contributed by atoms with Gasteiger partial charge in [-0.3, -0.25) is 0 Å². The molecule has 0 aliphatic rings. The number of hydrogen-bond donors (Lipinski definition) is 0. The quantitative estimate of drug-likeness (QED) is 0.665. The zero-order valence-electron chi connectivity index (χ0n) is 10.1. The van der Waals surface area contributed by atoms with Gasteiger partial charge in [-0.2, -0.15) is 0 Å². The van der Waals surface area contributed by atoms with E-state index in [1.165, 1.54) is 5.56 Å². The van der Waals surface area contributed by atoms with E-state index in [9.17, 15) is 0 Å². The number of thiazole rings is 1. The van der Waals surface area contributed by atoms with Gasteiger partial charge in [-0.15, -0.1) is 11.3 Å². The lowest BCUT2D eigenvalue weighted by Gasteiger charge is -1.97. The topological polar surface area (TPSA) is 25.8 Å². The van der Waals surface area contributed by atoms with Crippen LogP contribution in [0.15, 0.2) is 54.0 Å². The molecule has 2 aromatic heterocycles. The second-order valence-electron chi connectivity index (χ2n) is 4.16. The molecule has 0 saturated carbocycles. The predicted octanol–water partition coefficient (Wildman–Crippen LogP) is 4.45. The molecular weight excluding hydrogens is 276 g/mol. The summed E-state index contributed by atoms with van der Waals surface area (Å²) < 4.78 is 0. The molecule has 94 valence electrons. The maximum atomic E-state index is 5.90. The summed E-state index contributed by atoms with van der Waals surface area (Å²) in [6.45, 7) is 0. The number of aromatic nitrogens is 2. The minimum atomic E-state index is 0.495. The molecule has 3 aromatic rings. The van der Waals surface area contributed by atoms with Crippen molar-refractivity contribution in [2.24, 2.45) is 0 Å². The molecule has 0 spiro atoms. The van der Waals surface area contributed by atoms with Crippen molar-refractivity contribution in [2.45, 2.75) is 6.42 Å². The van der Waals surface area contributed by atoms with Crippen molar-refractivity contribution in [1.29, 1.82) is 0 Å². The first-order valence-corrected chi connectivity index (χ1v) is 7.17. The zero-order chi connectivity index (χ0) is 13.1. The zero-order valence-corrected chi connectivity index (χ0v) is 11.7. The summed E-state index contributed by atoms with van der Waals surface area (Å²) in [6.07, 6.45) is 2.57. The van der Waals surface area contributed by atoms with Crippen molar-refractivity contribution in [1.82, 2.24) is 9.97 Å². The van der Waals surface area contributed by atoms with Crippen LogP contribution in [0.4, 0.5) is 0 Å². The van der Waals surface area contributed by atoms with E-state index in [0.29, 0.717) is 5.15 Å². The van der Waals surface area contributed by atoms with E-state index in [-0.39, 0.29) is 0 Å². The Bertz CT molecular complexity index is 679. The summed E-state index contributed by atoms with van der Waals surface area (Å²) in [5.41, 5.74) is 3.24. The van der Waals surface area contributed by atoms with Gasteiger partial charge in [-0.05, 0) is 17.7 Å². The van der Waals surface area contributed by atoms with Gasteiger partial charge in [0.15, 0.2) is 0 Å². The van der Waals surface area contributed by atoms with Gasteiger partial charge in [0.25, 0.3) is 0 Å². The number of benzene rings is 1. The lowest BCUT2D eigenvalue weighted by atomic mass is 10.1. The van der Waals surface area contributed by atoms with Gasteiger partial charge in [0, 0.05) is 23.6 Å². The fourth-order valence-corrected chi connectivity index (χ4v) is 2.87. The molecule has 4 heteroatoms. The Kier molecular flexibility index (Phi) is 3.58. The van der Waals surface area contributed by atoms with Crippen LogP contribution in [0.2, 0.25) is 5.15 Å². The standard InChI is InChI=1S/C15H11ClN2S/c16-14-9-12(6-7-17-14)13-10-19-15(18-13)8-11-4-2-1-3-5-11/h1-7,9-10H,8H2. The Morgan fingerprint density at radius 2 is 1.95 bits per heavy atom. The smallest absolute Gasteiger partial charge is 0.129 e. The van der Waals surface area contributed by atoms with E-state index in [2.05, 4.69) is 27.5 Å². The highest BCUT2D eigenvalue weighted by Gasteiger charge is 2.06. The fraction of sp³-hybridized carbons (Fsp3) is 0.0667. The Morgan fingerprint density at radius 1 is 1.11 bits per heavy atom. The Morgan fingerprint density at radius 3 is 2.74 bits per heavy atom. The van der Waals surface area contributed by atoms with Crippen molar-refractivity contribution in [3.05, 3.63) is 69.8 Å². The molecule has 0 bridgehead atoms. The van der Waals surface area contributed by atoms with E-state index in [4.69, 9.17) is 11.6 Å². The SMILES string of the molecule is Clc1cc(-c2csc(Cc3ccccc3)n2)ccn1. The maximum Gasteiger partial charge on any atom is 0.129 e. The Balaban J connectivity index is 1.84. The molecule has 19 heavy (non-hydrogen) atoms. The van der Waals surface area contributed by atoms with Crippen molar-refractivity contribution < 1.29 is 0 Å². The highest BCUT2D eigenvalue weighted by molar-refractivity contribution is 7.10. The van der Waals surface area contributed by atoms with Crippen LogP contribution in [-0.4, -0.2) is 9.97 Å². The average Bonchev–Trinajstić information content (AvgIpc) is 2.88. The molecule has 0 aliphatic heterocycles. The second-order valence-corrected chi connectivity index (χ2v) is 5.49. The lowest BCUT2D eigenvalue weighted by Crippen LogP contribution is -1.87. The van der Waals surface area contributed by atoms with Crippen molar-refractivity contribution in [2.75, 3.05) is 0 Å². The van der Waals surface area contributed by atoms with Crippen LogP contribution < -0.4 is 0 Å². The summed E-state index contributed by atoms with van der Waals surface area (Å²) in [5, 5.41) is 3.66. The molecule has 0 N–H and O–H groups in total. The van der Waals surface area contributed by atoms with Crippen LogP contribution >= 0.6 is 22.9 Å². The number of rotatable bonds is 3. The molecular formula is C15H11ClN2S. The van der Waals surface area contributed by atoms with Gasteiger partial charge in [0.2, 0.25) is 0 Å². The van der Waals surface area contributed by atoms with Crippen molar-refractivity contribution in [3.63, 3.8) is 0 Å². The van der Waals surface area contributed by atoms with Crippen LogP contribution in [0.3, 0.4) is 0 Å². The van der Waals surface area contributed by atoms with Crippen molar-refractivity contribution in [3.8, 4) is 11.3 Å². The third-order valence-electron chi connectivity index (χ3n) is 2.77. The summed E-state index contributed by atoms with van der Waals surface area (Å²) in [4.78, 5) is 8.63.